The molecule has 19 heavy (non-hydrogen) atoms. The highest BCUT2D eigenvalue weighted by atomic mass is 127. The summed E-state index contributed by atoms with van der Waals surface area (Å²) in [5.74, 6) is 0.262. The van der Waals surface area contributed by atoms with E-state index in [0.717, 1.165) is 19.3 Å². The van der Waals surface area contributed by atoms with E-state index in [9.17, 15) is 5.11 Å². The van der Waals surface area contributed by atoms with Gasteiger partial charge in [-0.25, -0.2) is 0 Å². The fourth-order valence-corrected chi connectivity index (χ4v) is 3.23. The Hall–Kier alpha value is -0.880. The normalized spacial score (nSPS) is 11.2. The first-order valence-electron chi connectivity index (χ1n) is 5.76. The number of aryl methyl sites for hydroxylation is 2. The molecule has 0 heterocycles. The molecule has 0 bridgehead atoms. The van der Waals surface area contributed by atoms with Crippen LogP contribution in [0.2, 0.25) is 0 Å². The maximum atomic E-state index is 10.0. The second-order valence-corrected chi connectivity index (χ2v) is 6.45. The highest BCUT2D eigenvalue weighted by Crippen LogP contribution is 2.28. The van der Waals surface area contributed by atoms with Gasteiger partial charge in [-0.1, -0.05) is 28.1 Å². The van der Waals surface area contributed by atoms with Gasteiger partial charge >= 0.3 is 0 Å². The quantitative estimate of drug-likeness (QED) is 0.521. The third-order valence-electron chi connectivity index (χ3n) is 2.77. The molecule has 0 aliphatic carbocycles. The van der Waals surface area contributed by atoms with Crippen LogP contribution >= 0.6 is 38.5 Å². The number of nitrogens with zero attached hydrogens (tertiary/aromatic N) is 1. The van der Waals surface area contributed by atoms with Crippen molar-refractivity contribution in [2.24, 2.45) is 4.99 Å². The first-order valence-corrected chi connectivity index (χ1v) is 7.64. The van der Waals surface area contributed by atoms with Crippen molar-refractivity contribution >= 4 is 50.4 Å². The molecule has 4 heteroatoms. The van der Waals surface area contributed by atoms with Crippen LogP contribution in [0.3, 0.4) is 0 Å². The molecule has 98 valence electrons. The van der Waals surface area contributed by atoms with Crippen LogP contribution in [-0.4, -0.2) is 11.3 Å². The number of halogens is 2. The number of aliphatic imine (C=N–C) groups is 1. The van der Waals surface area contributed by atoms with Crippen LogP contribution in [0.1, 0.15) is 16.7 Å². The van der Waals surface area contributed by atoms with E-state index < -0.39 is 0 Å². The van der Waals surface area contributed by atoms with E-state index in [1.165, 1.54) is 5.56 Å². The van der Waals surface area contributed by atoms with Crippen LogP contribution < -0.4 is 0 Å². The molecule has 0 atom stereocenters. The lowest BCUT2D eigenvalue weighted by atomic mass is 10.1. The van der Waals surface area contributed by atoms with Gasteiger partial charge in [0.2, 0.25) is 0 Å². The average Bonchev–Trinajstić information content (AvgIpc) is 2.35. The Morgan fingerprint density at radius 3 is 2.68 bits per heavy atom. The summed E-state index contributed by atoms with van der Waals surface area (Å²) >= 11 is 5.52. The Morgan fingerprint density at radius 2 is 1.95 bits per heavy atom. The van der Waals surface area contributed by atoms with E-state index >= 15 is 0 Å². The summed E-state index contributed by atoms with van der Waals surface area (Å²) in [5.41, 5.74) is 3.92. The molecule has 0 saturated heterocycles. The van der Waals surface area contributed by atoms with Crippen molar-refractivity contribution in [3.05, 3.63) is 55.1 Å². The van der Waals surface area contributed by atoms with E-state index in [-0.39, 0.29) is 5.75 Å². The lowest BCUT2D eigenvalue weighted by Crippen LogP contribution is -1.87. The summed E-state index contributed by atoms with van der Waals surface area (Å²) in [6, 6.07) is 9.86. The Morgan fingerprint density at radius 1 is 1.21 bits per heavy atom. The summed E-state index contributed by atoms with van der Waals surface area (Å²) in [6.45, 7) is 4.06. The third kappa shape index (κ3) is 3.57. The molecule has 0 amide bonds. The van der Waals surface area contributed by atoms with Crippen molar-refractivity contribution in [2.75, 3.05) is 0 Å². The van der Waals surface area contributed by atoms with Crippen LogP contribution in [0, 0.1) is 17.4 Å². The predicted octanol–water partition coefficient (Wildman–Crippen LogP) is 5.13. The summed E-state index contributed by atoms with van der Waals surface area (Å²) in [5, 5.41) is 10.0. The first-order chi connectivity index (χ1) is 8.97. The summed E-state index contributed by atoms with van der Waals surface area (Å²) < 4.78 is 1.73. The number of hydrogen-bond donors (Lipinski definition) is 1. The Labute approximate surface area is 134 Å². The van der Waals surface area contributed by atoms with Gasteiger partial charge in [-0.15, -0.1) is 0 Å². The van der Waals surface area contributed by atoms with Crippen molar-refractivity contribution in [3.63, 3.8) is 0 Å². The molecular formula is C15H13BrINO. The topological polar surface area (TPSA) is 32.6 Å². The standard InChI is InChI=1S/C15H13BrINO/c1-9-3-4-10(2)14(5-9)18-8-11-6-12(16)7-13(17)15(11)19/h3-8,19H,1-2H3. The predicted molar refractivity (Wildman–Crippen MR) is 91.7 cm³/mol. The third-order valence-corrected chi connectivity index (χ3v) is 4.05. The molecular weight excluding hydrogens is 417 g/mol. The van der Waals surface area contributed by atoms with Gasteiger partial charge < -0.3 is 5.11 Å². The molecule has 0 unspecified atom stereocenters. The molecule has 0 spiro atoms. The summed E-state index contributed by atoms with van der Waals surface area (Å²) in [6.07, 6.45) is 1.70. The van der Waals surface area contributed by atoms with Gasteiger partial charge in [0.1, 0.15) is 5.75 Å². The van der Waals surface area contributed by atoms with Gasteiger partial charge in [0.15, 0.2) is 0 Å². The maximum absolute atomic E-state index is 10.0. The molecule has 0 saturated carbocycles. The van der Waals surface area contributed by atoms with Crippen molar-refractivity contribution in [3.8, 4) is 5.75 Å². The minimum atomic E-state index is 0.262. The number of hydrogen-bond acceptors (Lipinski definition) is 2. The van der Waals surface area contributed by atoms with Crippen molar-refractivity contribution in [1.29, 1.82) is 0 Å². The zero-order valence-electron chi connectivity index (χ0n) is 10.6. The van der Waals surface area contributed by atoms with Crippen LogP contribution in [-0.2, 0) is 0 Å². The van der Waals surface area contributed by atoms with Crippen LogP contribution in [0.4, 0.5) is 5.69 Å². The smallest absolute Gasteiger partial charge is 0.137 e. The minimum absolute atomic E-state index is 0.262. The monoisotopic (exact) mass is 429 g/mol. The second kappa shape index (κ2) is 6.05. The van der Waals surface area contributed by atoms with Gasteiger partial charge in [-0.2, -0.15) is 0 Å². The number of phenolic OH excluding ortho intramolecular Hbond substituents is 1. The first kappa shape index (κ1) is 14.5. The number of rotatable bonds is 2. The molecule has 0 aliphatic rings. The molecule has 0 fully saturated rings. The molecule has 2 aromatic rings. The fourth-order valence-electron chi connectivity index (χ4n) is 1.68. The number of phenols is 1. The van der Waals surface area contributed by atoms with Gasteiger partial charge in [0.05, 0.1) is 9.26 Å². The number of benzene rings is 2. The minimum Gasteiger partial charge on any atom is -0.506 e. The summed E-state index contributed by atoms with van der Waals surface area (Å²) in [4.78, 5) is 4.47. The Kier molecular flexibility index (Phi) is 4.62. The molecule has 2 rings (SSSR count). The molecule has 0 radical (unpaired) electrons. The van der Waals surface area contributed by atoms with Gasteiger partial charge in [0, 0.05) is 16.3 Å². The van der Waals surface area contributed by atoms with Crippen molar-refractivity contribution < 1.29 is 5.11 Å². The Balaban J connectivity index is 2.40. The second-order valence-electron chi connectivity index (χ2n) is 4.37. The maximum Gasteiger partial charge on any atom is 0.137 e. The van der Waals surface area contributed by atoms with E-state index in [0.29, 0.717) is 5.56 Å². The molecule has 2 aromatic carbocycles. The SMILES string of the molecule is Cc1ccc(C)c(N=Cc2cc(Br)cc(I)c2O)c1. The van der Waals surface area contributed by atoms with E-state index in [1.807, 2.05) is 38.1 Å². The van der Waals surface area contributed by atoms with Crippen LogP contribution in [0.25, 0.3) is 0 Å². The zero-order chi connectivity index (χ0) is 14.0. The summed E-state index contributed by atoms with van der Waals surface area (Å²) in [7, 11) is 0. The van der Waals surface area contributed by atoms with Crippen LogP contribution in [0.15, 0.2) is 39.8 Å². The highest BCUT2D eigenvalue weighted by Gasteiger charge is 2.05. The van der Waals surface area contributed by atoms with E-state index in [1.54, 1.807) is 6.21 Å². The van der Waals surface area contributed by atoms with Crippen molar-refractivity contribution in [2.45, 2.75) is 13.8 Å². The molecule has 2 nitrogen and oxygen atoms in total. The van der Waals surface area contributed by atoms with Crippen molar-refractivity contribution in [1.82, 2.24) is 0 Å². The zero-order valence-corrected chi connectivity index (χ0v) is 14.4. The van der Waals surface area contributed by atoms with Crippen LogP contribution in [0.5, 0.6) is 5.75 Å². The lowest BCUT2D eigenvalue weighted by molar-refractivity contribution is 0.470. The molecule has 1 N–H and O–H groups in total. The Bertz CT molecular complexity index is 653. The highest BCUT2D eigenvalue weighted by molar-refractivity contribution is 14.1. The van der Waals surface area contributed by atoms with E-state index in [4.69, 9.17) is 0 Å². The fraction of sp³-hybridized carbons (Fsp3) is 0.133. The van der Waals surface area contributed by atoms with Gasteiger partial charge in [-0.3, -0.25) is 4.99 Å². The lowest BCUT2D eigenvalue weighted by Gasteiger charge is -2.04. The largest absolute Gasteiger partial charge is 0.506 e. The molecule has 0 aliphatic heterocycles. The van der Waals surface area contributed by atoms with Gasteiger partial charge in [0.25, 0.3) is 0 Å². The number of aromatic hydroxyl groups is 1. The average molecular weight is 430 g/mol. The molecule has 0 aromatic heterocycles. The van der Waals surface area contributed by atoms with E-state index in [2.05, 4.69) is 49.6 Å². The van der Waals surface area contributed by atoms with Gasteiger partial charge in [-0.05, 0) is 65.8 Å².